The third kappa shape index (κ3) is 39.8. The molecule has 0 amide bonds. The lowest BCUT2D eigenvalue weighted by atomic mass is 11.0. The average Bonchev–Trinajstić information content (AvgIpc) is 1.93. The topological polar surface area (TPSA) is 110 Å². The zero-order chi connectivity index (χ0) is 9.86. The maximum absolute atomic E-state index is 9.39. The fourth-order valence-electron chi connectivity index (χ4n) is 0.0598. The zero-order valence-corrected chi connectivity index (χ0v) is 8.38. The van der Waals surface area contributed by atoms with Crippen molar-refractivity contribution in [2.75, 3.05) is 7.05 Å². The Morgan fingerprint density at radius 3 is 1.27 bits per heavy atom. The van der Waals surface area contributed by atoms with Crippen LogP contribution in [-0.2, 0) is 13.4 Å². The Morgan fingerprint density at radius 2 is 1.27 bits per heavy atom. The van der Waals surface area contributed by atoms with Crippen molar-refractivity contribution < 1.29 is 23.2 Å². The van der Waals surface area contributed by atoms with Gasteiger partial charge in [-0.15, -0.1) is 9.79 Å². The predicted molar refractivity (Wildman–Crippen MR) is 42.2 cm³/mol. The van der Waals surface area contributed by atoms with Crippen LogP contribution in [0.2, 0.25) is 0 Å². The Hall–Kier alpha value is 0.0400. The van der Waals surface area contributed by atoms with E-state index >= 15 is 0 Å². The van der Waals surface area contributed by atoms with E-state index in [2.05, 4.69) is 10.0 Å². The van der Waals surface area contributed by atoms with Crippen LogP contribution in [0.4, 0.5) is 0 Å². The fourth-order valence-corrected chi connectivity index (χ4v) is 0.538. The van der Waals surface area contributed by atoms with E-state index in [1.165, 1.54) is 7.05 Å². The van der Waals surface area contributed by atoms with Gasteiger partial charge in [0.25, 0.3) is 0 Å². The van der Waals surface area contributed by atoms with Crippen molar-refractivity contribution >= 4 is 16.5 Å². The van der Waals surface area contributed by atoms with Crippen molar-refractivity contribution in [2.24, 2.45) is 5.73 Å². The summed E-state index contributed by atoms with van der Waals surface area (Å²) in [5.74, 6) is 0. The SMILES string of the molecule is CC.CN.O=[P+](O)O[P+](=O)O. The van der Waals surface area contributed by atoms with Crippen molar-refractivity contribution in [2.45, 2.75) is 13.8 Å². The van der Waals surface area contributed by atoms with Gasteiger partial charge in [-0.05, 0) is 7.05 Å². The summed E-state index contributed by atoms with van der Waals surface area (Å²) in [5, 5.41) is 0. The standard InChI is InChI=1S/C2H6.CH5N.O5P2/c2*1-2;1-6(2)5-7(3)4/h1-2H3;2H2,1H3;/p+2. The molecule has 0 radical (unpaired) electrons. The molecule has 0 aliphatic rings. The van der Waals surface area contributed by atoms with Gasteiger partial charge >= 0.3 is 16.5 Å². The van der Waals surface area contributed by atoms with Crippen LogP contribution in [0.3, 0.4) is 0 Å². The van der Waals surface area contributed by atoms with Gasteiger partial charge in [0.05, 0.1) is 0 Å². The summed E-state index contributed by atoms with van der Waals surface area (Å²) >= 11 is 0. The second kappa shape index (κ2) is 16.6. The van der Waals surface area contributed by atoms with Gasteiger partial charge in [0.2, 0.25) is 0 Å². The molecule has 0 aliphatic carbocycles. The molecule has 0 aromatic carbocycles. The number of nitrogens with two attached hydrogens (primary N) is 1. The second-order valence-corrected chi connectivity index (χ2v) is 2.16. The minimum atomic E-state index is -2.92. The van der Waals surface area contributed by atoms with E-state index in [1.807, 2.05) is 13.8 Å². The zero-order valence-electron chi connectivity index (χ0n) is 6.59. The van der Waals surface area contributed by atoms with Crippen LogP contribution in [0.15, 0.2) is 0 Å². The summed E-state index contributed by atoms with van der Waals surface area (Å²) in [7, 11) is -4.35. The third-order valence-electron chi connectivity index (χ3n) is 0.140. The molecular weight excluding hydrogens is 192 g/mol. The summed E-state index contributed by atoms with van der Waals surface area (Å²) in [6, 6.07) is 0. The fraction of sp³-hybridized carbons (Fsp3) is 1.00. The van der Waals surface area contributed by atoms with Gasteiger partial charge < -0.3 is 5.73 Å². The highest BCUT2D eigenvalue weighted by Crippen LogP contribution is 2.30. The minimum absolute atomic E-state index is 1.50. The van der Waals surface area contributed by atoms with E-state index in [0.29, 0.717) is 0 Å². The van der Waals surface area contributed by atoms with Gasteiger partial charge in [0.1, 0.15) is 0 Å². The first-order chi connectivity index (χ1) is 5.13. The van der Waals surface area contributed by atoms with Crippen LogP contribution >= 0.6 is 16.5 Å². The largest absolute Gasteiger partial charge is 0.745 e. The maximum Gasteiger partial charge on any atom is 0.745 e. The molecule has 0 bridgehead atoms. The van der Waals surface area contributed by atoms with Gasteiger partial charge in [-0.3, -0.25) is 0 Å². The number of hydrogen-bond donors (Lipinski definition) is 3. The van der Waals surface area contributed by atoms with Gasteiger partial charge in [-0.25, -0.2) is 0 Å². The van der Waals surface area contributed by atoms with Crippen LogP contribution in [0.25, 0.3) is 0 Å². The van der Waals surface area contributed by atoms with Gasteiger partial charge in [0.15, 0.2) is 4.31 Å². The summed E-state index contributed by atoms with van der Waals surface area (Å²) < 4.78 is 22.2. The van der Waals surface area contributed by atoms with E-state index in [-0.39, 0.29) is 0 Å². The molecule has 0 saturated carbocycles. The van der Waals surface area contributed by atoms with E-state index in [4.69, 9.17) is 9.79 Å². The summed E-state index contributed by atoms with van der Waals surface area (Å²) in [6.45, 7) is 4.00. The summed E-state index contributed by atoms with van der Waals surface area (Å²) in [4.78, 5) is 15.3. The molecule has 8 heteroatoms. The van der Waals surface area contributed by atoms with E-state index in [1.54, 1.807) is 0 Å². The van der Waals surface area contributed by atoms with Crippen molar-refractivity contribution in [3.63, 3.8) is 0 Å². The Balaban J connectivity index is -0.000000138. The van der Waals surface area contributed by atoms with Crippen molar-refractivity contribution in [3.05, 3.63) is 0 Å². The molecule has 2 atom stereocenters. The summed E-state index contributed by atoms with van der Waals surface area (Å²) in [5.41, 5.74) is 4.50. The van der Waals surface area contributed by atoms with Crippen LogP contribution in [-0.4, -0.2) is 16.8 Å². The lowest BCUT2D eigenvalue weighted by Crippen LogP contribution is -1.69. The Morgan fingerprint density at radius 1 is 1.09 bits per heavy atom. The summed E-state index contributed by atoms with van der Waals surface area (Å²) in [6.07, 6.45) is 0. The van der Waals surface area contributed by atoms with Crippen LogP contribution in [0.5, 0.6) is 0 Å². The molecule has 2 unspecified atom stereocenters. The molecule has 0 aliphatic heterocycles. The molecular formula is C3H13NO5P2+2. The molecule has 6 nitrogen and oxygen atoms in total. The molecule has 0 spiro atoms. The maximum atomic E-state index is 9.39. The van der Waals surface area contributed by atoms with Crippen LogP contribution in [0.1, 0.15) is 13.8 Å². The third-order valence-corrected chi connectivity index (χ3v) is 1.26. The highest BCUT2D eigenvalue weighted by molar-refractivity contribution is 7.46. The molecule has 11 heavy (non-hydrogen) atoms. The highest BCUT2D eigenvalue weighted by atomic mass is 31.2. The van der Waals surface area contributed by atoms with Crippen LogP contribution < -0.4 is 5.73 Å². The second-order valence-electron chi connectivity index (χ2n) is 0.557. The molecule has 0 fully saturated rings. The first-order valence-electron chi connectivity index (χ1n) is 2.71. The molecule has 0 rings (SSSR count). The average molecular weight is 205 g/mol. The Bertz CT molecular complexity index is 95.9. The van der Waals surface area contributed by atoms with Crippen LogP contribution in [0, 0.1) is 0 Å². The smallest absolute Gasteiger partial charge is 0.333 e. The van der Waals surface area contributed by atoms with Crippen molar-refractivity contribution in [1.82, 2.24) is 0 Å². The number of rotatable bonds is 2. The van der Waals surface area contributed by atoms with Crippen molar-refractivity contribution in [1.29, 1.82) is 0 Å². The van der Waals surface area contributed by atoms with Gasteiger partial charge in [0, 0.05) is 9.13 Å². The normalized spacial score (nSPS) is 9.64. The predicted octanol–water partition coefficient (Wildman–Crippen LogP) is 0.903. The Labute approximate surface area is 67.3 Å². The molecule has 0 aromatic rings. The lowest BCUT2D eigenvalue weighted by molar-refractivity contribution is 0.371. The van der Waals surface area contributed by atoms with Gasteiger partial charge in [-0.1, -0.05) is 13.8 Å². The first kappa shape index (κ1) is 17.2. The molecule has 68 valence electrons. The number of hydrogen-bond acceptors (Lipinski definition) is 4. The van der Waals surface area contributed by atoms with E-state index < -0.39 is 16.5 Å². The first-order valence-corrected chi connectivity index (χ1v) is 4.97. The van der Waals surface area contributed by atoms with Gasteiger partial charge in [-0.2, -0.15) is 0 Å². The molecule has 0 saturated heterocycles. The van der Waals surface area contributed by atoms with Crippen molar-refractivity contribution in [3.8, 4) is 0 Å². The monoisotopic (exact) mass is 205 g/mol. The lowest BCUT2D eigenvalue weighted by Gasteiger charge is -1.50. The molecule has 0 heterocycles. The highest BCUT2D eigenvalue weighted by Gasteiger charge is 2.31. The minimum Gasteiger partial charge on any atom is -0.333 e. The Kier molecular flexibility index (Phi) is 25.9. The molecule has 4 N–H and O–H groups in total. The molecule has 0 aromatic heterocycles. The van der Waals surface area contributed by atoms with E-state index in [9.17, 15) is 9.13 Å². The van der Waals surface area contributed by atoms with E-state index in [0.717, 1.165) is 0 Å². The quantitative estimate of drug-likeness (QED) is 0.577.